The van der Waals surface area contributed by atoms with Gasteiger partial charge in [-0.1, -0.05) is 114 Å². The van der Waals surface area contributed by atoms with E-state index in [0.29, 0.717) is 39.8 Å². The Morgan fingerprint density at radius 3 is 1.66 bits per heavy atom. The molecule has 1 aliphatic carbocycles. The Balaban J connectivity index is 1.36. The summed E-state index contributed by atoms with van der Waals surface area (Å²) in [4.78, 5) is 5.28. The van der Waals surface area contributed by atoms with Crippen LogP contribution in [0.25, 0.3) is 66.3 Å². The van der Waals surface area contributed by atoms with E-state index >= 15 is 13.2 Å². The van der Waals surface area contributed by atoms with Crippen LogP contribution in [-0.2, 0) is 6.18 Å². The van der Waals surface area contributed by atoms with Crippen LogP contribution in [0, 0.1) is 13.8 Å². The molecule has 6 heteroatoms. The lowest BCUT2D eigenvalue weighted by atomic mass is 9.98. The Labute approximate surface area is 321 Å². The van der Waals surface area contributed by atoms with Crippen LogP contribution in [0.1, 0.15) is 35.1 Å². The number of aliphatic imine (C=N–C) groups is 1. The predicted octanol–water partition coefficient (Wildman–Crippen LogP) is 11.7. The number of alkyl halides is 3. The molecule has 0 atom stereocenters. The Kier molecular flexibility index (Phi) is 7.85. The van der Waals surface area contributed by atoms with Gasteiger partial charge in [0.1, 0.15) is 5.56 Å². The van der Waals surface area contributed by atoms with Crippen molar-refractivity contribution in [1.82, 2.24) is 9.13 Å². The van der Waals surface area contributed by atoms with Crippen LogP contribution in [0.4, 0.5) is 13.2 Å². The molecule has 0 bridgehead atoms. The molecular weight excluding hydrogens is 700 g/mol. The molecule has 1 aliphatic heterocycles. The Morgan fingerprint density at radius 2 is 1.09 bits per heavy atom. The van der Waals surface area contributed by atoms with Gasteiger partial charge in [-0.2, -0.15) is 13.2 Å². The fraction of sp³-hybridized carbons (Fsp3) is 0.100. The van der Waals surface area contributed by atoms with Gasteiger partial charge in [-0.05, 0) is 85.7 Å². The summed E-state index contributed by atoms with van der Waals surface area (Å²) in [7, 11) is 0. The maximum atomic E-state index is 16.2. The SMILES string of the molecule is Cc1ccc2c(c1)c1ccccc1n2-c1cc(C2=NC(=c3ccccc3=C3C=CC=CC3)CC=C2)cc(-n2c3ccccc3c3cc(C)ccc32)c1C(F)(F)F. The highest BCUT2D eigenvalue weighted by Gasteiger charge is 2.39. The highest BCUT2D eigenvalue weighted by atomic mass is 19.4. The first-order valence-electron chi connectivity index (χ1n) is 18.9. The van der Waals surface area contributed by atoms with E-state index in [-0.39, 0.29) is 11.4 Å². The zero-order chi connectivity index (χ0) is 38.1. The molecule has 0 fully saturated rings. The third-order valence-electron chi connectivity index (χ3n) is 11.1. The van der Waals surface area contributed by atoms with Crippen molar-refractivity contribution < 1.29 is 13.2 Å². The fourth-order valence-electron chi connectivity index (χ4n) is 8.66. The molecule has 0 N–H and O–H groups in total. The molecule has 10 rings (SSSR count). The van der Waals surface area contributed by atoms with Gasteiger partial charge < -0.3 is 9.13 Å². The van der Waals surface area contributed by atoms with Gasteiger partial charge in [0.15, 0.2) is 0 Å². The number of aromatic nitrogens is 2. The van der Waals surface area contributed by atoms with Crippen LogP contribution < -0.4 is 10.4 Å². The summed E-state index contributed by atoms with van der Waals surface area (Å²) < 4.78 is 52.2. The van der Waals surface area contributed by atoms with Crippen molar-refractivity contribution in [2.75, 3.05) is 0 Å². The molecule has 56 heavy (non-hydrogen) atoms. The van der Waals surface area contributed by atoms with Gasteiger partial charge in [0.25, 0.3) is 0 Å². The molecule has 0 radical (unpaired) electrons. The molecule has 0 unspecified atom stereocenters. The highest BCUT2D eigenvalue weighted by molar-refractivity contribution is 6.14. The summed E-state index contributed by atoms with van der Waals surface area (Å²) in [5.74, 6) is 0. The van der Waals surface area contributed by atoms with Crippen LogP contribution in [0.15, 0.2) is 163 Å². The van der Waals surface area contributed by atoms with E-state index in [1.807, 2.05) is 111 Å². The van der Waals surface area contributed by atoms with Crippen molar-refractivity contribution >= 4 is 60.6 Å². The molecule has 0 saturated carbocycles. The standard InChI is InChI=1S/C50H36F3N3/c1-31-23-25-45-39(27-31)37-17-8-10-21-43(37)55(45)47-29-34(41-19-12-20-42(54-41)36-16-7-6-15-35(36)33-13-4-3-5-14-33)30-48(49(47)50(51,52)53)56-44-22-11-9-18-38(44)40-28-32(2)24-26-46(40)56/h3-13,15-19,21-30H,14,20H2,1-2H3. The molecule has 0 amide bonds. The minimum absolute atomic E-state index is 0.0522. The number of fused-ring (bicyclic) bond motifs is 6. The third-order valence-corrected chi connectivity index (χ3v) is 11.1. The number of nitrogens with zero attached hydrogens (tertiary/aromatic N) is 3. The van der Waals surface area contributed by atoms with E-state index in [9.17, 15) is 0 Å². The van der Waals surface area contributed by atoms with Crippen molar-refractivity contribution in [2.45, 2.75) is 32.9 Å². The number of dihydropyridines is 1. The Hall–Kier alpha value is -6.66. The van der Waals surface area contributed by atoms with Gasteiger partial charge in [-0.3, -0.25) is 4.99 Å². The predicted molar refractivity (Wildman–Crippen MR) is 225 cm³/mol. The zero-order valence-corrected chi connectivity index (χ0v) is 30.9. The molecule has 2 aliphatic rings. The van der Waals surface area contributed by atoms with Crippen LogP contribution in [0.3, 0.4) is 0 Å². The zero-order valence-electron chi connectivity index (χ0n) is 30.9. The molecule has 3 heterocycles. The molecular formula is C50H36F3N3. The Bertz CT molecular complexity index is 3060. The van der Waals surface area contributed by atoms with Crippen molar-refractivity contribution in [3.8, 4) is 11.4 Å². The Morgan fingerprint density at radius 1 is 0.536 bits per heavy atom. The summed E-state index contributed by atoms with van der Waals surface area (Å²) in [6.07, 6.45) is 9.08. The summed E-state index contributed by atoms with van der Waals surface area (Å²) in [5, 5.41) is 5.72. The first-order valence-corrected chi connectivity index (χ1v) is 18.9. The van der Waals surface area contributed by atoms with Gasteiger partial charge in [-0.25, -0.2) is 0 Å². The third kappa shape index (κ3) is 5.47. The molecule has 8 aromatic rings. The number of halogens is 3. The largest absolute Gasteiger partial charge is 0.420 e. The van der Waals surface area contributed by atoms with Crippen LogP contribution in [-0.4, -0.2) is 14.8 Å². The van der Waals surface area contributed by atoms with E-state index < -0.39 is 11.7 Å². The number of allylic oxidation sites excluding steroid dienone is 5. The van der Waals surface area contributed by atoms with E-state index in [1.165, 1.54) is 5.57 Å². The van der Waals surface area contributed by atoms with Crippen molar-refractivity contribution in [2.24, 2.45) is 4.99 Å². The van der Waals surface area contributed by atoms with E-state index in [4.69, 9.17) is 4.99 Å². The second-order valence-corrected chi connectivity index (χ2v) is 14.7. The number of benzene rings is 6. The number of hydrogen-bond acceptors (Lipinski definition) is 1. The van der Waals surface area contributed by atoms with Gasteiger partial charge in [0.05, 0.1) is 44.9 Å². The molecule has 272 valence electrons. The molecule has 3 nitrogen and oxygen atoms in total. The molecule has 2 aromatic heterocycles. The minimum atomic E-state index is -4.73. The minimum Gasteiger partial charge on any atom is -0.309 e. The smallest absolute Gasteiger partial charge is 0.309 e. The molecule has 0 saturated heterocycles. The maximum absolute atomic E-state index is 16.2. The average molecular weight is 736 g/mol. The van der Waals surface area contributed by atoms with Gasteiger partial charge in [-0.15, -0.1) is 0 Å². The molecule has 0 spiro atoms. The quantitative estimate of drug-likeness (QED) is 0.172. The first-order chi connectivity index (χ1) is 27.2. The van der Waals surface area contributed by atoms with Crippen LogP contribution in [0.2, 0.25) is 0 Å². The van der Waals surface area contributed by atoms with E-state index in [0.717, 1.165) is 55.2 Å². The number of hydrogen-bond donors (Lipinski definition) is 0. The van der Waals surface area contributed by atoms with Crippen molar-refractivity contribution in [3.05, 3.63) is 190 Å². The van der Waals surface area contributed by atoms with Crippen LogP contribution >= 0.6 is 0 Å². The second-order valence-electron chi connectivity index (χ2n) is 14.7. The van der Waals surface area contributed by atoms with Gasteiger partial charge in [0.2, 0.25) is 0 Å². The summed E-state index contributed by atoms with van der Waals surface area (Å²) in [6, 6.07) is 39.0. The maximum Gasteiger partial charge on any atom is 0.420 e. The topological polar surface area (TPSA) is 22.2 Å². The van der Waals surface area contributed by atoms with E-state index in [1.54, 1.807) is 21.3 Å². The lowest BCUT2D eigenvalue weighted by Gasteiger charge is -2.23. The lowest BCUT2D eigenvalue weighted by Crippen LogP contribution is -2.29. The second kappa shape index (κ2) is 13.0. The number of aryl methyl sites for hydroxylation is 2. The van der Waals surface area contributed by atoms with E-state index in [2.05, 4.69) is 48.6 Å². The average Bonchev–Trinajstić information content (AvgIpc) is 3.72. The fourth-order valence-corrected chi connectivity index (χ4v) is 8.66. The van der Waals surface area contributed by atoms with Crippen LogP contribution in [0.5, 0.6) is 0 Å². The van der Waals surface area contributed by atoms with Crippen molar-refractivity contribution in [3.63, 3.8) is 0 Å². The normalized spacial score (nSPS) is 16.5. The summed E-state index contributed by atoms with van der Waals surface area (Å²) in [5.41, 5.74) is 7.55. The monoisotopic (exact) mass is 735 g/mol. The van der Waals surface area contributed by atoms with Gasteiger partial charge in [0, 0.05) is 38.7 Å². The lowest BCUT2D eigenvalue weighted by molar-refractivity contribution is -0.137. The van der Waals surface area contributed by atoms with Gasteiger partial charge >= 0.3 is 6.18 Å². The first kappa shape index (κ1) is 33.9. The molecule has 6 aromatic carbocycles. The number of para-hydroxylation sites is 2. The summed E-state index contributed by atoms with van der Waals surface area (Å²) in [6.45, 7) is 4.02. The summed E-state index contributed by atoms with van der Waals surface area (Å²) >= 11 is 0. The highest BCUT2D eigenvalue weighted by Crippen LogP contribution is 2.45. The number of rotatable bonds is 3. The van der Waals surface area contributed by atoms with Crippen molar-refractivity contribution in [1.29, 1.82) is 0 Å².